The molecule has 0 aromatic heterocycles. The normalized spacial score (nSPS) is 31.5. The van der Waals surface area contributed by atoms with Gasteiger partial charge in [0.25, 0.3) is 5.91 Å². The van der Waals surface area contributed by atoms with Gasteiger partial charge in [-0.25, -0.2) is 4.79 Å². The molecule has 0 spiro atoms. The number of nitrogens with zero attached hydrogens (tertiary/aromatic N) is 1. The van der Waals surface area contributed by atoms with E-state index in [0.717, 1.165) is 78.7 Å². The maximum absolute atomic E-state index is 13.7. The lowest BCUT2D eigenvalue weighted by molar-refractivity contribution is -0.0168. The van der Waals surface area contributed by atoms with Gasteiger partial charge in [0, 0.05) is 17.1 Å². The highest BCUT2D eigenvalue weighted by atomic mass is 16.5. The molecule has 0 saturated heterocycles. The van der Waals surface area contributed by atoms with E-state index in [1.807, 2.05) is 30.3 Å². The molecule has 6 nitrogen and oxygen atoms in total. The summed E-state index contributed by atoms with van der Waals surface area (Å²) in [6.07, 6.45) is 9.86. The van der Waals surface area contributed by atoms with Crippen molar-refractivity contribution in [3.8, 4) is 5.75 Å². The molecule has 4 aliphatic carbocycles. The minimum absolute atomic E-state index is 0.00185. The number of methoxy groups -OCH3 is 1. The largest absolute Gasteiger partial charge is 0.497 e. The van der Waals surface area contributed by atoms with Crippen molar-refractivity contribution < 1.29 is 19.4 Å². The van der Waals surface area contributed by atoms with Crippen molar-refractivity contribution in [2.75, 3.05) is 7.11 Å². The molecule has 0 radical (unpaired) electrons. The van der Waals surface area contributed by atoms with Gasteiger partial charge in [-0.1, -0.05) is 58.7 Å². The smallest absolute Gasteiger partial charge is 0.408 e. The van der Waals surface area contributed by atoms with Crippen LogP contribution >= 0.6 is 0 Å². The highest BCUT2D eigenvalue weighted by Crippen LogP contribution is 2.57. The van der Waals surface area contributed by atoms with Crippen LogP contribution in [-0.4, -0.2) is 40.7 Å². The fraction of sp³-hybridized carbons (Fsp3) is 0.611. The molecule has 226 valence electrons. The van der Waals surface area contributed by atoms with Crippen molar-refractivity contribution in [3.63, 3.8) is 0 Å². The summed E-state index contributed by atoms with van der Waals surface area (Å²) in [6, 6.07) is 13.8. The fourth-order valence-electron chi connectivity index (χ4n) is 9.87. The van der Waals surface area contributed by atoms with Gasteiger partial charge >= 0.3 is 6.09 Å². The van der Waals surface area contributed by atoms with Gasteiger partial charge in [-0.2, -0.15) is 0 Å². The Hall–Kier alpha value is -3.02. The van der Waals surface area contributed by atoms with Crippen LogP contribution < -0.4 is 10.1 Å². The third-order valence-corrected chi connectivity index (χ3v) is 11.0. The lowest BCUT2D eigenvalue weighted by atomic mass is 9.53. The molecule has 4 saturated carbocycles. The van der Waals surface area contributed by atoms with E-state index in [2.05, 4.69) is 45.1 Å². The van der Waals surface area contributed by atoms with Crippen molar-refractivity contribution in [2.24, 2.45) is 23.2 Å². The molecule has 1 aliphatic heterocycles. The zero-order valence-electron chi connectivity index (χ0n) is 26.0. The fourth-order valence-corrected chi connectivity index (χ4v) is 9.87. The number of rotatable bonds is 7. The van der Waals surface area contributed by atoms with Gasteiger partial charge in [-0.05, 0) is 115 Å². The molecule has 5 aliphatic rings. The summed E-state index contributed by atoms with van der Waals surface area (Å²) < 4.78 is 5.60. The van der Waals surface area contributed by atoms with Gasteiger partial charge in [0.2, 0.25) is 0 Å². The third-order valence-electron chi connectivity index (χ3n) is 11.0. The summed E-state index contributed by atoms with van der Waals surface area (Å²) in [5.74, 6) is 3.07. The van der Waals surface area contributed by atoms with Crippen molar-refractivity contribution in [1.82, 2.24) is 10.2 Å². The molecule has 2 aromatic carbocycles. The van der Waals surface area contributed by atoms with E-state index in [4.69, 9.17) is 4.74 Å². The molecule has 4 bridgehead atoms. The number of carbonyl (C=O) groups is 2. The molecule has 2 amide bonds. The van der Waals surface area contributed by atoms with Gasteiger partial charge in [0.1, 0.15) is 11.3 Å². The first kappa shape index (κ1) is 29.1. The van der Waals surface area contributed by atoms with Gasteiger partial charge in [0.05, 0.1) is 7.11 Å². The summed E-state index contributed by atoms with van der Waals surface area (Å²) in [4.78, 5) is 28.7. The Morgan fingerprint density at radius 2 is 1.62 bits per heavy atom. The van der Waals surface area contributed by atoms with E-state index in [-0.39, 0.29) is 17.5 Å². The van der Waals surface area contributed by atoms with Crippen LogP contribution in [0.4, 0.5) is 4.79 Å². The van der Waals surface area contributed by atoms with Crippen molar-refractivity contribution in [3.05, 3.63) is 64.7 Å². The number of nitrogens with one attached hydrogen (secondary N) is 1. The summed E-state index contributed by atoms with van der Waals surface area (Å²) in [7, 11) is 1.67. The quantitative estimate of drug-likeness (QED) is 0.355. The average molecular weight is 573 g/mol. The Bertz CT molecular complexity index is 1310. The van der Waals surface area contributed by atoms with Crippen LogP contribution in [0.2, 0.25) is 0 Å². The Kier molecular flexibility index (Phi) is 7.34. The van der Waals surface area contributed by atoms with Crippen LogP contribution in [0, 0.1) is 23.2 Å². The summed E-state index contributed by atoms with van der Waals surface area (Å²) in [5.41, 5.74) is 2.20. The number of ether oxygens (including phenoxy) is 1. The molecule has 2 aromatic rings. The number of fused-ring (bicyclic) bond motifs is 1. The van der Waals surface area contributed by atoms with Gasteiger partial charge < -0.3 is 15.2 Å². The van der Waals surface area contributed by atoms with Crippen molar-refractivity contribution >= 4 is 12.0 Å². The molecule has 0 unspecified atom stereocenters. The zero-order chi connectivity index (χ0) is 29.9. The van der Waals surface area contributed by atoms with Crippen LogP contribution in [0.1, 0.15) is 113 Å². The molecule has 6 heteroatoms. The monoisotopic (exact) mass is 572 g/mol. The maximum atomic E-state index is 13.7. The highest BCUT2D eigenvalue weighted by molar-refractivity contribution is 5.94. The first-order chi connectivity index (χ1) is 20.0. The number of benzene rings is 2. The topological polar surface area (TPSA) is 78.9 Å². The molecule has 2 N–H and O–H groups in total. The number of amides is 2. The number of hydrogen-bond acceptors (Lipinski definition) is 3. The van der Waals surface area contributed by atoms with E-state index in [0.29, 0.717) is 12.0 Å². The van der Waals surface area contributed by atoms with Crippen LogP contribution in [0.3, 0.4) is 0 Å². The van der Waals surface area contributed by atoms with Crippen LogP contribution in [0.5, 0.6) is 5.75 Å². The predicted octanol–water partition coefficient (Wildman–Crippen LogP) is 7.78. The SMILES string of the molecule is CCCC[C@H]1Cc2cc(OC)ccc2[C@@](c2ccc(C(=O)NC34CC5CC(CC(C5)C3)C4)cc2)(C(C)(C)C)N1C(=O)O. The predicted molar refractivity (Wildman–Crippen MR) is 165 cm³/mol. The van der Waals surface area contributed by atoms with E-state index >= 15 is 0 Å². The minimum atomic E-state index is -0.938. The standard InChI is InChI=1S/C36H48N2O4/c1-6-7-8-29-18-27-19-30(42-5)13-14-31(27)36(34(2,3)4,38(29)33(40)41)28-11-9-26(10-12-28)32(39)37-35-20-23-15-24(21-35)17-25(16-23)22-35/h9-14,19,23-25,29H,6-8,15-18,20-22H2,1-5H3,(H,37,39)(H,40,41)/t23?,24?,25?,29-,35?,36-/m0/s1. The second-order valence-electron chi connectivity index (χ2n) is 14.9. The molecular formula is C36H48N2O4. The summed E-state index contributed by atoms with van der Waals surface area (Å²) in [6.45, 7) is 8.54. The average Bonchev–Trinajstić information content (AvgIpc) is 2.93. The summed E-state index contributed by atoms with van der Waals surface area (Å²) >= 11 is 0. The number of carbonyl (C=O) groups excluding carboxylic acids is 1. The Morgan fingerprint density at radius 3 is 2.14 bits per heavy atom. The lowest BCUT2D eigenvalue weighted by Crippen LogP contribution is -2.63. The first-order valence-electron chi connectivity index (χ1n) is 16.1. The molecule has 1 heterocycles. The second kappa shape index (κ2) is 10.6. The van der Waals surface area contributed by atoms with E-state index in [1.165, 1.54) is 19.3 Å². The van der Waals surface area contributed by atoms with Gasteiger partial charge in [-0.3, -0.25) is 9.69 Å². The molecule has 42 heavy (non-hydrogen) atoms. The number of hydrogen-bond donors (Lipinski definition) is 2. The van der Waals surface area contributed by atoms with E-state index in [1.54, 1.807) is 12.0 Å². The second-order valence-corrected chi connectivity index (χ2v) is 14.9. The van der Waals surface area contributed by atoms with E-state index < -0.39 is 17.0 Å². The van der Waals surface area contributed by atoms with E-state index in [9.17, 15) is 14.7 Å². The highest BCUT2D eigenvalue weighted by Gasteiger charge is 2.57. The lowest BCUT2D eigenvalue weighted by Gasteiger charge is -2.57. The Morgan fingerprint density at radius 1 is 1.00 bits per heavy atom. The van der Waals surface area contributed by atoms with Gasteiger partial charge in [-0.15, -0.1) is 0 Å². The first-order valence-corrected chi connectivity index (χ1v) is 16.1. The maximum Gasteiger partial charge on any atom is 0.408 e. The number of carboxylic acid groups (broad SMARTS) is 1. The van der Waals surface area contributed by atoms with Crippen LogP contribution in [0.25, 0.3) is 0 Å². The molecule has 4 fully saturated rings. The molecule has 2 atom stereocenters. The zero-order valence-corrected chi connectivity index (χ0v) is 26.0. The minimum Gasteiger partial charge on any atom is -0.497 e. The van der Waals surface area contributed by atoms with Crippen LogP contribution in [-0.2, 0) is 12.0 Å². The Balaban J connectivity index is 1.40. The van der Waals surface area contributed by atoms with Crippen molar-refractivity contribution in [2.45, 2.75) is 109 Å². The number of unbranched alkanes of at least 4 members (excludes halogenated alkanes) is 1. The van der Waals surface area contributed by atoms with Gasteiger partial charge in [0.15, 0.2) is 0 Å². The van der Waals surface area contributed by atoms with Crippen LogP contribution in [0.15, 0.2) is 42.5 Å². The van der Waals surface area contributed by atoms with Crippen molar-refractivity contribution in [1.29, 1.82) is 0 Å². The summed E-state index contributed by atoms with van der Waals surface area (Å²) in [5, 5.41) is 14.4. The third kappa shape index (κ3) is 4.69. The molecular weight excluding hydrogens is 524 g/mol. The molecule has 7 rings (SSSR count). The Labute approximate surface area is 251 Å².